The Morgan fingerprint density at radius 1 is 0.917 bits per heavy atom. The molecule has 1 unspecified atom stereocenters. The minimum absolute atomic E-state index is 0.242. The molecule has 1 aliphatic rings. The van der Waals surface area contributed by atoms with Crippen molar-refractivity contribution in [1.29, 1.82) is 0 Å². The van der Waals surface area contributed by atoms with Gasteiger partial charge < -0.3 is 25.0 Å². The third-order valence-corrected chi connectivity index (χ3v) is 5.82. The van der Waals surface area contributed by atoms with Crippen LogP contribution < -0.4 is 15.4 Å². The Balaban J connectivity index is 1.27. The average Bonchev–Trinajstić information content (AvgIpc) is 2.90. The second-order valence-electron chi connectivity index (χ2n) is 8.65. The average molecular weight is 488 g/mol. The number of anilines is 2. The maximum atomic E-state index is 12.6. The largest absolute Gasteiger partial charge is 0.455 e. The zero-order valence-corrected chi connectivity index (χ0v) is 20.1. The number of hydrogen-bond donors (Lipinski definition) is 2. The van der Waals surface area contributed by atoms with Crippen LogP contribution in [-0.4, -0.2) is 42.5 Å². The van der Waals surface area contributed by atoms with Crippen molar-refractivity contribution in [1.82, 2.24) is 4.90 Å². The van der Waals surface area contributed by atoms with Crippen LogP contribution in [0.4, 0.5) is 16.2 Å². The molecule has 0 aromatic heterocycles. The maximum Gasteiger partial charge on any atom is 0.321 e. The Labute approximate surface area is 210 Å². The van der Waals surface area contributed by atoms with Gasteiger partial charge in [0.05, 0.1) is 11.6 Å². The Bertz CT molecular complexity index is 1200. The molecule has 8 nitrogen and oxygen atoms in total. The minimum Gasteiger partial charge on any atom is -0.455 e. The third-order valence-electron chi connectivity index (χ3n) is 5.82. The van der Waals surface area contributed by atoms with E-state index in [0.29, 0.717) is 42.3 Å². The molecule has 36 heavy (non-hydrogen) atoms. The summed E-state index contributed by atoms with van der Waals surface area (Å²) in [5, 5.41) is 5.57. The lowest BCUT2D eigenvalue weighted by Crippen LogP contribution is -2.45. The van der Waals surface area contributed by atoms with Crippen LogP contribution in [-0.2, 0) is 14.3 Å². The molecule has 0 saturated carbocycles. The smallest absolute Gasteiger partial charge is 0.321 e. The van der Waals surface area contributed by atoms with Gasteiger partial charge in [0.1, 0.15) is 5.75 Å². The first kappa shape index (κ1) is 24.8. The number of carbonyl (C=O) groups is 3. The lowest BCUT2D eigenvalue weighted by atomic mass is 9.98. The van der Waals surface area contributed by atoms with E-state index in [9.17, 15) is 14.4 Å². The van der Waals surface area contributed by atoms with Crippen molar-refractivity contribution in [2.24, 2.45) is 5.92 Å². The number of likely N-dealkylation sites (tertiary alicyclic amines) is 1. The second kappa shape index (κ2) is 11.9. The molecular formula is C28H29N3O5. The van der Waals surface area contributed by atoms with Crippen LogP contribution >= 0.6 is 0 Å². The van der Waals surface area contributed by atoms with E-state index in [0.717, 1.165) is 5.56 Å². The molecule has 1 saturated heterocycles. The summed E-state index contributed by atoms with van der Waals surface area (Å²) in [6.07, 6.45) is 1.28. The number of aryl methyl sites for hydroxylation is 1. The number of amides is 3. The van der Waals surface area contributed by atoms with Crippen molar-refractivity contribution >= 4 is 29.3 Å². The molecule has 3 amide bonds. The predicted octanol–water partition coefficient (Wildman–Crippen LogP) is 5.21. The van der Waals surface area contributed by atoms with Gasteiger partial charge in [0, 0.05) is 18.8 Å². The van der Waals surface area contributed by atoms with Crippen molar-refractivity contribution in [3.8, 4) is 11.5 Å². The van der Waals surface area contributed by atoms with E-state index in [-0.39, 0.29) is 12.6 Å². The van der Waals surface area contributed by atoms with E-state index >= 15 is 0 Å². The fraction of sp³-hybridized carbons (Fsp3) is 0.250. The normalized spacial score (nSPS) is 15.0. The number of nitrogens with zero attached hydrogens (tertiary/aromatic N) is 1. The van der Waals surface area contributed by atoms with Gasteiger partial charge in [0.15, 0.2) is 12.4 Å². The van der Waals surface area contributed by atoms with Crippen LogP contribution in [0.15, 0.2) is 78.9 Å². The number of urea groups is 1. The van der Waals surface area contributed by atoms with Gasteiger partial charge in [0.25, 0.3) is 5.91 Å². The van der Waals surface area contributed by atoms with Gasteiger partial charge in [-0.15, -0.1) is 0 Å². The van der Waals surface area contributed by atoms with Gasteiger partial charge in [-0.3, -0.25) is 9.59 Å². The molecule has 0 aliphatic carbocycles. The Hall–Kier alpha value is -4.33. The standard InChI is InChI=1S/C28H29N3O5/c1-20-13-15-23(16-14-20)36-25-12-6-5-11-24(25)30-26(32)19-35-27(33)21-8-7-17-31(18-21)28(34)29-22-9-3-2-4-10-22/h2-6,9-16,21H,7-8,17-19H2,1H3,(H,29,34)(H,30,32). The highest BCUT2D eigenvalue weighted by atomic mass is 16.5. The van der Waals surface area contributed by atoms with Crippen LogP contribution in [0.3, 0.4) is 0 Å². The molecule has 8 heteroatoms. The van der Waals surface area contributed by atoms with Gasteiger partial charge >= 0.3 is 12.0 Å². The highest BCUT2D eigenvalue weighted by Gasteiger charge is 2.30. The van der Waals surface area contributed by atoms with Crippen LogP contribution in [0.5, 0.6) is 11.5 Å². The van der Waals surface area contributed by atoms with Gasteiger partial charge in [-0.05, 0) is 56.2 Å². The Kier molecular flexibility index (Phi) is 8.18. The first-order valence-corrected chi connectivity index (χ1v) is 11.9. The zero-order valence-electron chi connectivity index (χ0n) is 20.1. The number of carbonyl (C=O) groups excluding carboxylic acids is 3. The van der Waals surface area contributed by atoms with Gasteiger partial charge in [-0.1, -0.05) is 48.0 Å². The Morgan fingerprint density at radius 3 is 2.42 bits per heavy atom. The fourth-order valence-electron chi connectivity index (χ4n) is 3.91. The Morgan fingerprint density at radius 2 is 1.64 bits per heavy atom. The van der Waals surface area contributed by atoms with E-state index in [4.69, 9.17) is 9.47 Å². The molecule has 0 spiro atoms. The van der Waals surface area contributed by atoms with Crippen LogP contribution in [0, 0.1) is 12.8 Å². The summed E-state index contributed by atoms with van der Waals surface area (Å²) in [5.41, 5.74) is 2.28. The summed E-state index contributed by atoms with van der Waals surface area (Å²) >= 11 is 0. The molecule has 3 aromatic carbocycles. The summed E-state index contributed by atoms with van der Waals surface area (Å²) in [4.78, 5) is 39.3. The molecule has 0 bridgehead atoms. The van der Waals surface area contributed by atoms with Crippen molar-refractivity contribution in [2.45, 2.75) is 19.8 Å². The molecule has 1 fully saturated rings. The van der Waals surface area contributed by atoms with Gasteiger partial charge in [-0.2, -0.15) is 0 Å². The molecule has 1 atom stereocenters. The summed E-state index contributed by atoms with van der Waals surface area (Å²) in [7, 11) is 0. The summed E-state index contributed by atoms with van der Waals surface area (Å²) in [5.74, 6) is -0.324. The number of rotatable bonds is 7. The zero-order chi connectivity index (χ0) is 25.3. The number of hydrogen-bond acceptors (Lipinski definition) is 5. The lowest BCUT2D eigenvalue weighted by molar-refractivity contribution is -0.152. The van der Waals surface area contributed by atoms with E-state index in [1.807, 2.05) is 55.5 Å². The number of esters is 1. The number of benzene rings is 3. The number of para-hydroxylation sites is 3. The maximum absolute atomic E-state index is 12.6. The van der Waals surface area contributed by atoms with Gasteiger partial charge in [0.2, 0.25) is 0 Å². The summed E-state index contributed by atoms with van der Waals surface area (Å²) in [6.45, 7) is 2.36. The molecular weight excluding hydrogens is 458 g/mol. The van der Waals surface area contributed by atoms with Crippen LogP contribution in [0.1, 0.15) is 18.4 Å². The van der Waals surface area contributed by atoms with Crippen molar-refractivity contribution in [2.75, 3.05) is 30.3 Å². The first-order chi connectivity index (χ1) is 17.5. The molecule has 0 radical (unpaired) electrons. The first-order valence-electron chi connectivity index (χ1n) is 11.9. The molecule has 1 aliphatic heterocycles. The summed E-state index contributed by atoms with van der Waals surface area (Å²) < 4.78 is 11.2. The number of ether oxygens (including phenoxy) is 2. The second-order valence-corrected chi connectivity index (χ2v) is 8.65. The van der Waals surface area contributed by atoms with Crippen LogP contribution in [0.2, 0.25) is 0 Å². The number of nitrogens with one attached hydrogen (secondary N) is 2. The van der Waals surface area contributed by atoms with E-state index in [1.54, 1.807) is 35.2 Å². The molecule has 1 heterocycles. The van der Waals surface area contributed by atoms with Gasteiger partial charge in [-0.25, -0.2) is 4.79 Å². The third kappa shape index (κ3) is 6.85. The quantitative estimate of drug-likeness (QED) is 0.446. The molecule has 186 valence electrons. The topological polar surface area (TPSA) is 97.0 Å². The fourth-order valence-corrected chi connectivity index (χ4v) is 3.91. The highest BCUT2D eigenvalue weighted by molar-refractivity contribution is 5.94. The molecule has 2 N–H and O–H groups in total. The van der Waals surface area contributed by atoms with Crippen molar-refractivity contribution < 1.29 is 23.9 Å². The monoisotopic (exact) mass is 487 g/mol. The van der Waals surface area contributed by atoms with Crippen molar-refractivity contribution in [3.63, 3.8) is 0 Å². The van der Waals surface area contributed by atoms with Crippen molar-refractivity contribution in [3.05, 3.63) is 84.4 Å². The lowest BCUT2D eigenvalue weighted by Gasteiger charge is -2.31. The SMILES string of the molecule is Cc1ccc(Oc2ccccc2NC(=O)COC(=O)C2CCCN(C(=O)Nc3ccccc3)C2)cc1. The van der Waals surface area contributed by atoms with E-state index in [2.05, 4.69) is 10.6 Å². The summed E-state index contributed by atoms with van der Waals surface area (Å²) in [6, 6.07) is 23.5. The van der Waals surface area contributed by atoms with Crippen LogP contribution in [0.25, 0.3) is 0 Å². The minimum atomic E-state index is -0.494. The van der Waals surface area contributed by atoms with E-state index in [1.165, 1.54) is 0 Å². The number of piperidine rings is 1. The molecule has 3 aromatic rings. The molecule has 4 rings (SSSR count). The highest BCUT2D eigenvalue weighted by Crippen LogP contribution is 2.29. The predicted molar refractivity (Wildman–Crippen MR) is 137 cm³/mol. The van der Waals surface area contributed by atoms with E-state index < -0.39 is 24.4 Å².